The second kappa shape index (κ2) is 11.5. The molecule has 1 saturated heterocycles. The van der Waals surface area contributed by atoms with Crippen LogP contribution >= 0.6 is 11.6 Å². The van der Waals surface area contributed by atoms with Gasteiger partial charge in [0.1, 0.15) is 30.2 Å². The molecular weight excluding hydrogens is 396 g/mol. The van der Waals surface area contributed by atoms with E-state index in [9.17, 15) is 20.4 Å². The normalized spacial score (nSPS) is 28.3. The summed E-state index contributed by atoms with van der Waals surface area (Å²) in [7, 11) is 0. The smallest absolute Gasteiger partial charge is 0.119 e. The monoisotopic (exact) mass is 424 g/mol. The topological polar surface area (TPSA) is 99.4 Å². The second-order valence-corrected chi connectivity index (χ2v) is 7.24. The van der Waals surface area contributed by atoms with E-state index >= 15 is 0 Å². The van der Waals surface area contributed by atoms with Crippen LogP contribution in [0.5, 0.6) is 5.75 Å². The van der Waals surface area contributed by atoms with Gasteiger partial charge in [0.05, 0.1) is 19.3 Å². The number of halogens is 1. The van der Waals surface area contributed by atoms with Crippen molar-refractivity contribution in [3.63, 3.8) is 0 Å². The molecule has 1 aromatic rings. The van der Waals surface area contributed by atoms with Crippen molar-refractivity contribution in [2.45, 2.75) is 50.3 Å². The summed E-state index contributed by atoms with van der Waals surface area (Å²) >= 11 is 6.40. The lowest BCUT2D eigenvalue weighted by Crippen LogP contribution is -2.58. The van der Waals surface area contributed by atoms with E-state index in [1.54, 1.807) is 18.2 Å². The lowest BCUT2D eigenvalue weighted by Gasteiger charge is -2.39. The van der Waals surface area contributed by atoms with Crippen molar-refractivity contribution in [2.24, 2.45) is 0 Å². The molecule has 4 N–H and O–H groups in total. The summed E-state index contributed by atoms with van der Waals surface area (Å²) in [6.45, 7) is 5.92. The molecule has 0 bridgehead atoms. The maximum absolute atomic E-state index is 10.1. The molecule has 0 radical (unpaired) electrons. The van der Waals surface area contributed by atoms with Gasteiger partial charge < -0.3 is 29.9 Å². The zero-order chi connectivity index (χ0) is 21.4. The summed E-state index contributed by atoms with van der Waals surface area (Å²) in [5.74, 6) is 0.811. The minimum atomic E-state index is -1.38. The Morgan fingerprint density at radius 1 is 1.14 bits per heavy atom. The van der Waals surface area contributed by atoms with Crippen LogP contribution in [0.15, 0.2) is 59.7 Å². The third-order valence-electron chi connectivity index (χ3n) is 4.81. The van der Waals surface area contributed by atoms with E-state index in [2.05, 4.69) is 6.58 Å². The maximum Gasteiger partial charge on any atom is 0.119 e. The molecule has 0 aromatic heterocycles. The summed E-state index contributed by atoms with van der Waals surface area (Å²) in [5, 5.41) is 39.5. The van der Waals surface area contributed by atoms with Crippen molar-refractivity contribution in [3.8, 4) is 5.75 Å². The Labute approximate surface area is 176 Å². The molecule has 7 heteroatoms. The van der Waals surface area contributed by atoms with E-state index in [-0.39, 0.29) is 6.42 Å². The Morgan fingerprint density at radius 2 is 1.79 bits per heavy atom. The highest BCUT2D eigenvalue weighted by Gasteiger charge is 2.42. The highest BCUT2D eigenvalue weighted by molar-refractivity contribution is 6.31. The quantitative estimate of drug-likeness (QED) is 0.453. The molecule has 1 heterocycles. The van der Waals surface area contributed by atoms with E-state index in [0.29, 0.717) is 18.1 Å². The average Bonchev–Trinajstić information content (AvgIpc) is 2.73. The first-order valence-corrected chi connectivity index (χ1v) is 9.98. The first kappa shape index (κ1) is 23.6. The third kappa shape index (κ3) is 6.40. The van der Waals surface area contributed by atoms with Crippen molar-refractivity contribution in [1.29, 1.82) is 0 Å². The minimum absolute atomic E-state index is 0.255. The van der Waals surface area contributed by atoms with Crippen molar-refractivity contribution in [3.05, 3.63) is 65.2 Å². The van der Waals surface area contributed by atoms with E-state index in [1.165, 1.54) is 0 Å². The third-order valence-corrected chi connectivity index (χ3v) is 5.17. The van der Waals surface area contributed by atoms with Crippen molar-refractivity contribution in [2.75, 3.05) is 13.2 Å². The lowest BCUT2D eigenvalue weighted by molar-refractivity contribution is -0.227. The fourth-order valence-electron chi connectivity index (χ4n) is 3.13. The highest BCUT2D eigenvalue weighted by atomic mass is 35.5. The molecule has 5 atom stereocenters. The number of hydrogen-bond acceptors (Lipinski definition) is 6. The number of allylic oxidation sites excluding steroid dienone is 4. The molecule has 0 amide bonds. The number of benzene rings is 1. The van der Waals surface area contributed by atoms with Gasteiger partial charge in [0.2, 0.25) is 0 Å². The molecule has 1 aliphatic heterocycles. The molecule has 2 rings (SSSR count). The van der Waals surface area contributed by atoms with Crippen LogP contribution in [-0.2, 0) is 11.2 Å². The van der Waals surface area contributed by atoms with Crippen LogP contribution in [0.3, 0.4) is 0 Å². The molecule has 1 fully saturated rings. The van der Waals surface area contributed by atoms with Gasteiger partial charge in [-0.15, -0.1) is 0 Å². The van der Waals surface area contributed by atoms with Gasteiger partial charge in [-0.2, -0.15) is 0 Å². The number of aliphatic hydroxyl groups excluding tert-OH is 4. The molecule has 1 aromatic carbocycles. The standard InChI is InChI=1S/C22H29ClO6/c1-3-15(12-14-8-10-16(11-9-14)28-4-2)17(23)6-5-7-18-20(25)22(27)21(26)19(13-24)29-18/h3,5-6,8-11,18-22,24-27H,1,4,7,12-13H2,2H3/b6-5-,17-15-/t18?,19-,20+,21-,22-/m1/s1. The molecular formula is C22H29ClO6. The van der Waals surface area contributed by atoms with Crippen LogP contribution in [0, 0.1) is 0 Å². The van der Waals surface area contributed by atoms with Crippen LogP contribution in [0.1, 0.15) is 18.9 Å². The summed E-state index contributed by atoms with van der Waals surface area (Å²) < 4.78 is 10.9. The van der Waals surface area contributed by atoms with Gasteiger partial charge in [0, 0.05) is 5.03 Å². The minimum Gasteiger partial charge on any atom is -0.494 e. The van der Waals surface area contributed by atoms with Crippen molar-refractivity contribution < 1.29 is 29.9 Å². The van der Waals surface area contributed by atoms with Gasteiger partial charge in [-0.05, 0) is 49.1 Å². The van der Waals surface area contributed by atoms with E-state index in [0.717, 1.165) is 16.9 Å². The van der Waals surface area contributed by atoms with Gasteiger partial charge in [-0.1, -0.05) is 42.5 Å². The largest absolute Gasteiger partial charge is 0.494 e. The van der Waals surface area contributed by atoms with Gasteiger partial charge in [0.15, 0.2) is 0 Å². The number of aliphatic hydroxyl groups is 4. The van der Waals surface area contributed by atoms with Crippen LogP contribution in [0.4, 0.5) is 0 Å². The Balaban J connectivity index is 2.01. The van der Waals surface area contributed by atoms with Gasteiger partial charge in [-0.3, -0.25) is 0 Å². The molecule has 0 saturated carbocycles. The Bertz CT molecular complexity index is 713. The van der Waals surface area contributed by atoms with E-state index in [1.807, 2.05) is 31.2 Å². The lowest BCUT2D eigenvalue weighted by atomic mass is 9.93. The molecule has 6 nitrogen and oxygen atoms in total. The summed E-state index contributed by atoms with van der Waals surface area (Å²) in [6, 6.07) is 7.75. The predicted molar refractivity (Wildman–Crippen MR) is 112 cm³/mol. The number of hydrogen-bond donors (Lipinski definition) is 4. The van der Waals surface area contributed by atoms with Crippen molar-refractivity contribution in [1.82, 2.24) is 0 Å². The van der Waals surface area contributed by atoms with E-state index < -0.39 is 37.1 Å². The summed E-state index contributed by atoms with van der Waals surface area (Å²) in [6.07, 6.45) is 0.273. The van der Waals surface area contributed by atoms with Gasteiger partial charge in [-0.25, -0.2) is 0 Å². The number of rotatable bonds is 9. The molecule has 160 valence electrons. The highest BCUT2D eigenvalue weighted by Crippen LogP contribution is 2.24. The first-order valence-electron chi connectivity index (χ1n) is 9.61. The molecule has 0 aliphatic carbocycles. The number of ether oxygens (including phenoxy) is 2. The molecule has 0 spiro atoms. The fourth-order valence-corrected chi connectivity index (χ4v) is 3.36. The molecule has 1 unspecified atom stereocenters. The Kier molecular flexibility index (Phi) is 9.36. The fraction of sp³-hybridized carbons (Fsp3) is 0.455. The zero-order valence-corrected chi connectivity index (χ0v) is 17.2. The van der Waals surface area contributed by atoms with Crippen LogP contribution < -0.4 is 4.74 Å². The second-order valence-electron chi connectivity index (χ2n) is 6.84. The van der Waals surface area contributed by atoms with Gasteiger partial charge >= 0.3 is 0 Å². The first-order chi connectivity index (χ1) is 13.9. The Morgan fingerprint density at radius 3 is 2.38 bits per heavy atom. The van der Waals surface area contributed by atoms with Crippen LogP contribution in [-0.4, -0.2) is 64.2 Å². The SMILES string of the molecule is C=C/C(Cc1ccc(OCC)cc1)=C(Cl)\C=C/CC1O[C@H](CO)[C@@H](O)[C@H](O)[C@H]1O. The molecule has 29 heavy (non-hydrogen) atoms. The Hall–Kier alpha value is -1.67. The molecule has 1 aliphatic rings. The van der Waals surface area contributed by atoms with Crippen LogP contribution in [0.2, 0.25) is 0 Å². The predicted octanol–water partition coefficient (Wildman–Crippen LogP) is 2.10. The summed E-state index contributed by atoms with van der Waals surface area (Å²) in [5.41, 5.74) is 1.89. The zero-order valence-electron chi connectivity index (χ0n) is 16.4. The maximum atomic E-state index is 10.1. The van der Waals surface area contributed by atoms with Crippen molar-refractivity contribution >= 4 is 11.6 Å². The van der Waals surface area contributed by atoms with E-state index in [4.69, 9.17) is 21.1 Å². The average molecular weight is 425 g/mol. The van der Waals surface area contributed by atoms with Crippen LogP contribution in [0.25, 0.3) is 0 Å². The summed E-state index contributed by atoms with van der Waals surface area (Å²) in [4.78, 5) is 0. The van der Waals surface area contributed by atoms with Gasteiger partial charge in [0.25, 0.3) is 0 Å².